The number of esters is 1. The van der Waals surface area contributed by atoms with E-state index in [1.807, 2.05) is 0 Å². The first-order valence-electron chi connectivity index (χ1n) is 5.11. The Morgan fingerprint density at radius 2 is 2.13 bits per heavy atom. The number of ether oxygens (including phenoxy) is 2. The third-order valence-corrected chi connectivity index (χ3v) is 3.27. The molecule has 5 heteroatoms. The monoisotopic (exact) mass is 236 g/mol. The molecular weight excluding hydrogens is 216 g/mol. The summed E-state index contributed by atoms with van der Waals surface area (Å²) in [5.74, 6) is 0.676. The van der Waals surface area contributed by atoms with Crippen molar-refractivity contribution >= 4 is 16.8 Å². The highest BCUT2D eigenvalue weighted by molar-refractivity contribution is 7.85. The summed E-state index contributed by atoms with van der Waals surface area (Å²) >= 11 is 0. The Morgan fingerprint density at radius 1 is 1.47 bits per heavy atom. The van der Waals surface area contributed by atoms with Crippen LogP contribution in [0.4, 0.5) is 0 Å². The van der Waals surface area contributed by atoms with Crippen molar-refractivity contribution in [3.63, 3.8) is 0 Å². The molecule has 0 aromatic carbocycles. The predicted molar refractivity (Wildman–Crippen MR) is 60.2 cm³/mol. The van der Waals surface area contributed by atoms with E-state index in [1.54, 1.807) is 0 Å². The van der Waals surface area contributed by atoms with E-state index in [4.69, 9.17) is 9.47 Å². The zero-order valence-electron chi connectivity index (χ0n) is 9.65. The maximum Gasteiger partial charge on any atom is 0.303 e. The number of methoxy groups -OCH3 is 1. The van der Waals surface area contributed by atoms with Gasteiger partial charge >= 0.3 is 5.97 Å². The van der Waals surface area contributed by atoms with Crippen molar-refractivity contribution in [1.82, 2.24) is 0 Å². The van der Waals surface area contributed by atoms with Gasteiger partial charge in [-0.25, -0.2) is 0 Å². The quantitative estimate of drug-likeness (QED) is 0.592. The van der Waals surface area contributed by atoms with Gasteiger partial charge in [0, 0.05) is 30.6 Å². The molecule has 0 aliphatic carbocycles. The molecule has 4 nitrogen and oxygen atoms in total. The molecule has 0 amide bonds. The van der Waals surface area contributed by atoms with Gasteiger partial charge in [0.05, 0.1) is 12.4 Å². The van der Waals surface area contributed by atoms with Gasteiger partial charge in [0.25, 0.3) is 0 Å². The SMILES string of the molecule is CCCCS(=O)CC(COC)OC(C)=O. The van der Waals surface area contributed by atoms with E-state index in [-0.39, 0.29) is 12.1 Å². The van der Waals surface area contributed by atoms with E-state index < -0.39 is 10.8 Å². The van der Waals surface area contributed by atoms with Crippen LogP contribution < -0.4 is 0 Å². The van der Waals surface area contributed by atoms with Crippen molar-refractivity contribution < 1.29 is 18.5 Å². The van der Waals surface area contributed by atoms with Crippen LogP contribution in [0.15, 0.2) is 0 Å². The minimum Gasteiger partial charge on any atom is -0.459 e. The molecule has 15 heavy (non-hydrogen) atoms. The summed E-state index contributed by atoms with van der Waals surface area (Å²) in [5.41, 5.74) is 0. The van der Waals surface area contributed by atoms with Gasteiger partial charge in [-0.15, -0.1) is 0 Å². The molecular formula is C10H20O4S. The van der Waals surface area contributed by atoms with Crippen molar-refractivity contribution in [2.45, 2.75) is 32.8 Å². The minimum atomic E-state index is -0.925. The van der Waals surface area contributed by atoms with Crippen LogP contribution in [-0.2, 0) is 25.1 Å². The summed E-state index contributed by atoms with van der Waals surface area (Å²) in [4.78, 5) is 10.7. The minimum absolute atomic E-state index is 0.303. The van der Waals surface area contributed by atoms with Crippen LogP contribution in [0, 0.1) is 0 Å². The second-order valence-electron chi connectivity index (χ2n) is 3.35. The van der Waals surface area contributed by atoms with Gasteiger partial charge in [-0.05, 0) is 6.42 Å². The van der Waals surface area contributed by atoms with Gasteiger partial charge in [0.1, 0.15) is 6.10 Å². The molecule has 0 rings (SSSR count). The molecule has 0 aromatic rings. The molecule has 0 aromatic heterocycles. The highest BCUT2D eigenvalue weighted by Crippen LogP contribution is 2.00. The normalized spacial score (nSPS) is 14.6. The smallest absolute Gasteiger partial charge is 0.303 e. The number of carbonyl (C=O) groups excluding carboxylic acids is 1. The van der Waals surface area contributed by atoms with Crippen LogP contribution in [0.1, 0.15) is 26.7 Å². The molecule has 0 aliphatic heterocycles. The Labute approximate surface area is 93.8 Å². The van der Waals surface area contributed by atoms with Crippen LogP contribution >= 0.6 is 0 Å². The van der Waals surface area contributed by atoms with Crippen molar-refractivity contribution in [3.8, 4) is 0 Å². The van der Waals surface area contributed by atoms with Crippen LogP contribution in [-0.4, -0.2) is 41.5 Å². The van der Waals surface area contributed by atoms with Gasteiger partial charge in [-0.3, -0.25) is 9.00 Å². The molecule has 90 valence electrons. The zero-order chi connectivity index (χ0) is 11.7. The fraction of sp³-hybridized carbons (Fsp3) is 0.900. The number of hydrogen-bond donors (Lipinski definition) is 0. The second-order valence-corrected chi connectivity index (χ2v) is 4.97. The number of carbonyl (C=O) groups is 1. The molecule has 0 fully saturated rings. The Hall–Kier alpha value is -0.420. The van der Waals surface area contributed by atoms with E-state index >= 15 is 0 Å². The lowest BCUT2D eigenvalue weighted by atomic mass is 10.4. The summed E-state index contributed by atoms with van der Waals surface area (Å²) in [5, 5.41) is 0. The van der Waals surface area contributed by atoms with Crippen LogP contribution in [0.2, 0.25) is 0 Å². The number of rotatable bonds is 8. The van der Waals surface area contributed by atoms with Crippen molar-refractivity contribution in [3.05, 3.63) is 0 Å². The molecule has 0 aliphatic rings. The topological polar surface area (TPSA) is 52.6 Å². The van der Waals surface area contributed by atoms with E-state index in [0.29, 0.717) is 18.1 Å². The van der Waals surface area contributed by atoms with Crippen molar-refractivity contribution in [2.24, 2.45) is 0 Å². The molecule has 0 N–H and O–H groups in total. The van der Waals surface area contributed by atoms with Gasteiger partial charge in [0.15, 0.2) is 0 Å². The van der Waals surface area contributed by atoms with E-state index in [1.165, 1.54) is 14.0 Å². The van der Waals surface area contributed by atoms with Gasteiger partial charge < -0.3 is 9.47 Å². The van der Waals surface area contributed by atoms with Gasteiger partial charge in [-0.1, -0.05) is 13.3 Å². The first-order valence-corrected chi connectivity index (χ1v) is 6.60. The lowest BCUT2D eigenvalue weighted by molar-refractivity contribution is -0.147. The summed E-state index contributed by atoms with van der Waals surface area (Å²) in [6.45, 7) is 3.70. The third kappa shape index (κ3) is 8.57. The standard InChI is InChI=1S/C10H20O4S/c1-4-5-6-15(12)8-10(7-13-3)14-9(2)11/h10H,4-8H2,1-3H3. The molecule has 0 saturated heterocycles. The van der Waals surface area contributed by atoms with Crippen LogP contribution in [0.3, 0.4) is 0 Å². The Morgan fingerprint density at radius 3 is 2.60 bits per heavy atom. The maximum absolute atomic E-state index is 11.5. The fourth-order valence-electron chi connectivity index (χ4n) is 1.13. The predicted octanol–water partition coefficient (Wildman–Crippen LogP) is 1.11. The van der Waals surface area contributed by atoms with Gasteiger partial charge in [0.2, 0.25) is 0 Å². The summed E-state index contributed by atoms with van der Waals surface area (Å²) in [6.07, 6.45) is 1.57. The maximum atomic E-state index is 11.5. The molecule has 0 radical (unpaired) electrons. The van der Waals surface area contributed by atoms with Crippen molar-refractivity contribution in [2.75, 3.05) is 25.2 Å². The Balaban J connectivity index is 3.92. The summed E-state index contributed by atoms with van der Waals surface area (Å²) in [7, 11) is 0.608. The average molecular weight is 236 g/mol. The first-order chi connectivity index (χ1) is 7.10. The molecule has 0 bridgehead atoms. The van der Waals surface area contributed by atoms with E-state index in [2.05, 4.69) is 6.92 Å². The fourth-order valence-corrected chi connectivity index (χ4v) is 2.49. The van der Waals surface area contributed by atoms with Crippen LogP contribution in [0.5, 0.6) is 0 Å². The van der Waals surface area contributed by atoms with Gasteiger partial charge in [-0.2, -0.15) is 0 Å². The Bertz CT molecular complexity index is 206. The first kappa shape index (κ1) is 14.6. The number of hydrogen-bond acceptors (Lipinski definition) is 4. The number of unbranched alkanes of at least 4 members (excludes halogenated alkanes) is 1. The zero-order valence-corrected chi connectivity index (χ0v) is 10.5. The molecule has 0 saturated carbocycles. The highest BCUT2D eigenvalue weighted by Gasteiger charge is 2.15. The molecule has 0 heterocycles. The largest absolute Gasteiger partial charge is 0.459 e. The molecule has 0 spiro atoms. The third-order valence-electron chi connectivity index (χ3n) is 1.78. The summed E-state index contributed by atoms with van der Waals surface area (Å²) in [6, 6.07) is 0. The molecule has 2 atom stereocenters. The van der Waals surface area contributed by atoms with E-state index in [0.717, 1.165) is 12.8 Å². The van der Waals surface area contributed by atoms with E-state index in [9.17, 15) is 9.00 Å². The highest BCUT2D eigenvalue weighted by atomic mass is 32.2. The molecule has 2 unspecified atom stereocenters. The lowest BCUT2D eigenvalue weighted by Crippen LogP contribution is -2.28. The average Bonchev–Trinajstić information content (AvgIpc) is 2.14. The lowest BCUT2D eigenvalue weighted by Gasteiger charge is -2.15. The van der Waals surface area contributed by atoms with Crippen molar-refractivity contribution in [1.29, 1.82) is 0 Å². The van der Waals surface area contributed by atoms with Crippen LogP contribution in [0.25, 0.3) is 0 Å². The summed E-state index contributed by atoms with van der Waals surface area (Å²) < 4.78 is 21.4. The Kier molecular flexibility index (Phi) is 8.61. The second kappa shape index (κ2) is 8.85.